The average molecular weight is 216 g/mol. The van der Waals surface area contributed by atoms with Crippen LogP contribution in [-0.4, -0.2) is 30.3 Å². The van der Waals surface area contributed by atoms with Crippen LogP contribution in [0.3, 0.4) is 0 Å². The van der Waals surface area contributed by atoms with E-state index >= 15 is 0 Å². The van der Waals surface area contributed by atoms with Crippen LogP contribution >= 0.6 is 12.2 Å². The molecule has 80 valence electrons. The molecule has 2 N–H and O–H groups in total. The van der Waals surface area contributed by atoms with Gasteiger partial charge in [0.25, 0.3) is 0 Å². The molecule has 0 radical (unpaired) electrons. The van der Waals surface area contributed by atoms with E-state index in [0.717, 1.165) is 0 Å². The van der Waals surface area contributed by atoms with Crippen molar-refractivity contribution in [2.45, 2.75) is 19.4 Å². The molecule has 0 saturated heterocycles. The summed E-state index contributed by atoms with van der Waals surface area (Å²) in [5.74, 6) is -0.361. The number of carbonyl (C=O) groups excluding carboxylic acids is 1. The fourth-order valence-electron chi connectivity index (χ4n) is 0.799. The average Bonchev–Trinajstić information content (AvgIpc) is 2.12. The molecule has 0 atom stereocenters. The number of rotatable bonds is 4. The maximum Gasteiger partial charge on any atom is 0.330 e. The number of carbonyl (C=O) groups is 1. The zero-order valence-electron chi connectivity index (χ0n) is 8.72. The van der Waals surface area contributed by atoms with E-state index < -0.39 is 5.54 Å². The van der Waals surface area contributed by atoms with E-state index in [1.165, 1.54) is 7.11 Å². The molecule has 0 saturated carbocycles. The second kappa shape index (κ2) is 5.59. The van der Waals surface area contributed by atoms with Gasteiger partial charge >= 0.3 is 5.97 Å². The highest BCUT2D eigenvalue weighted by Crippen LogP contribution is 2.03. The number of hydrogen-bond acceptors (Lipinski definition) is 3. The lowest BCUT2D eigenvalue weighted by Gasteiger charge is -2.24. The largest absolute Gasteiger partial charge is 0.467 e. The normalized spacial score (nSPS) is 10.2. The lowest BCUT2D eigenvalue weighted by Crippen LogP contribution is -2.53. The van der Waals surface area contributed by atoms with Crippen molar-refractivity contribution in [1.82, 2.24) is 10.6 Å². The Morgan fingerprint density at radius 3 is 2.64 bits per heavy atom. The number of hydrogen-bond donors (Lipinski definition) is 2. The smallest absolute Gasteiger partial charge is 0.330 e. The third-order valence-electron chi connectivity index (χ3n) is 1.53. The molecule has 0 aliphatic heterocycles. The van der Waals surface area contributed by atoms with Crippen molar-refractivity contribution >= 4 is 23.3 Å². The Bertz CT molecular complexity index is 239. The minimum Gasteiger partial charge on any atom is -0.467 e. The monoisotopic (exact) mass is 216 g/mol. The van der Waals surface area contributed by atoms with Gasteiger partial charge in [-0.15, -0.1) is 6.58 Å². The number of methoxy groups -OCH3 is 1. The highest BCUT2D eigenvalue weighted by molar-refractivity contribution is 7.80. The van der Waals surface area contributed by atoms with Crippen LogP contribution in [0.25, 0.3) is 0 Å². The summed E-state index contributed by atoms with van der Waals surface area (Å²) in [6.07, 6.45) is 1.68. The molecular weight excluding hydrogens is 200 g/mol. The number of esters is 1. The van der Waals surface area contributed by atoms with Crippen LogP contribution in [0, 0.1) is 0 Å². The first-order valence-corrected chi connectivity index (χ1v) is 4.60. The second-order valence-corrected chi connectivity index (χ2v) is 3.65. The quantitative estimate of drug-likeness (QED) is 0.409. The summed E-state index contributed by atoms with van der Waals surface area (Å²) in [7, 11) is 1.34. The van der Waals surface area contributed by atoms with Crippen molar-refractivity contribution in [3.8, 4) is 0 Å². The SMILES string of the molecule is C=CCNC(=S)NC(C)(C)C(=O)OC. The van der Waals surface area contributed by atoms with E-state index in [9.17, 15) is 4.79 Å². The van der Waals surface area contributed by atoms with Crippen LogP contribution < -0.4 is 10.6 Å². The van der Waals surface area contributed by atoms with E-state index in [1.54, 1.807) is 19.9 Å². The molecular formula is C9H16N2O2S. The van der Waals surface area contributed by atoms with Gasteiger partial charge in [0.05, 0.1) is 7.11 Å². The summed E-state index contributed by atoms with van der Waals surface area (Å²) < 4.78 is 4.61. The molecule has 0 aliphatic carbocycles. The maximum absolute atomic E-state index is 11.3. The van der Waals surface area contributed by atoms with Crippen molar-refractivity contribution in [2.24, 2.45) is 0 Å². The zero-order valence-corrected chi connectivity index (χ0v) is 9.53. The van der Waals surface area contributed by atoms with Gasteiger partial charge in [-0.25, -0.2) is 4.79 Å². The molecule has 0 aromatic carbocycles. The molecule has 0 heterocycles. The van der Waals surface area contributed by atoms with Gasteiger partial charge in [-0.05, 0) is 26.1 Å². The number of ether oxygens (including phenoxy) is 1. The van der Waals surface area contributed by atoms with Crippen molar-refractivity contribution in [1.29, 1.82) is 0 Å². The summed E-state index contributed by atoms with van der Waals surface area (Å²) in [6.45, 7) is 7.49. The number of nitrogens with one attached hydrogen (secondary N) is 2. The van der Waals surface area contributed by atoms with Crippen LogP contribution in [0.5, 0.6) is 0 Å². The van der Waals surface area contributed by atoms with Gasteiger partial charge in [0.2, 0.25) is 0 Å². The second-order valence-electron chi connectivity index (χ2n) is 3.24. The summed E-state index contributed by atoms with van der Waals surface area (Å²) in [5, 5.41) is 6.10. The van der Waals surface area contributed by atoms with Crippen LogP contribution in [0.2, 0.25) is 0 Å². The molecule has 5 heteroatoms. The van der Waals surface area contributed by atoms with Crippen LogP contribution in [0.15, 0.2) is 12.7 Å². The Morgan fingerprint density at radius 2 is 2.21 bits per heavy atom. The minimum atomic E-state index is -0.819. The van der Waals surface area contributed by atoms with Crippen molar-refractivity contribution in [3.05, 3.63) is 12.7 Å². The van der Waals surface area contributed by atoms with Gasteiger partial charge in [-0.1, -0.05) is 6.08 Å². The minimum absolute atomic E-state index is 0.361. The molecule has 0 rings (SSSR count). The van der Waals surface area contributed by atoms with E-state index in [4.69, 9.17) is 12.2 Å². The van der Waals surface area contributed by atoms with Gasteiger partial charge in [0.15, 0.2) is 5.11 Å². The Morgan fingerprint density at radius 1 is 1.64 bits per heavy atom. The first kappa shape index (κ1) is 12.9. The molecule has 14 heavy (non-hydrogen) atoms. The summed E-state index contributed by atoms with van der Waals surface area (Å²) in [4.78, 5) is 11.3. The third kappa shape index (κ3) is 4.23. The molecule has 0 aromatic heterocycles. The summed E-state index contributed by atoms with van der Waals surface area (Å²) in [5.41, 5.74) is -0.819. The van der Waals surface area contributed by atoms with Gasteiger partial charge < -0.3 is 15.4 Å². The van der Waals surface area contributed by atoms with Gasteiger partial charge in [0.1, 0.15) is 5.54 Å². The van der Waals surface area contributed by atoms with Crippen molar-refractivity contribution in [3.63, 3.8) is 0 Å². The molecule has 0 aliphatic rings. The molecule has 0 spiro atoms. The van der Waals surface area contributed by atoms with Gasteiger partial charge in [0, 0.05) is 6.54 Å². The Kier molecular flexibility index (Phi) is 5.15. The highest BCUT2D eigenvalue weighted by Gasteiger charge is 2.28. The topological polar surface area (TPSA) is 50.4 Å². The standard InChI is InChI=1S/C9H16N2O2S/c1-5-6-10-8(14)11-9(2,3)7(12)13-4/h5H,1,6H2,2-4H3,(H2,10,11,14). The van der Waals surface area contributed by atoms with Gasteiger partial charge in [-0.2, -0.15) is 0 Å². The fraction of sp³-hybridized carbons (Fsp3) is 0.556. The van der Waals surface area contributed by atoms with Crippen molar-refractivity contribution in [2.75, 3.05) is 13.7 Å². The third-order valence-corrected chi connectivity index (χ3v) is 1.78. The predicted molar refractivity (Wildman–Crippen MR) is 60.0 cm³/mol. The van der Waals surface area contributed by atoms with Crippen LogP contribution in [0.4, 0.5) is 0 Å². The lowest BCUT2D eigenvalue weighted by molar-refractivity contribution is -0.146. The van der Waals surface area contributed by atoms with E-state index in [-0.39, 0.29) is 5.97 Å². The molecule has 0 aromatic rings. The maximum atomic E-state index is 11.3. The van der Waals surface area contributed by atoms with E-state index in [2.05, 4.69) is 21.9 Å². The summed E-state index contributed by atoms with van der Waals surface area (Å²) in [6, 6.07) is 0. The van der Waals surface area contributed by atoms with Gasteiger partial charge in [-0.3, -0.25) is 0 Å². The van der Waals surface area contributed by atoms with E-state index in [0.29, 0.717) is 11.7 Å². The molecule has 0 unspecified atom stereocenters. The fourth-order valence-corrected chi connectivity index (χ4v) is 1.14. The highest BCUT2D eigenvalue weighted by atomic mass is 32.1. The first-order chi connectivity index (χ1) is 6.44. The van der Waals surface area contributed by atoms with Crippen LogP contribution in [0.1, 0.15) is 13.8 Å². The first-order valence-electron chi connectivity index (χ1n) is 4.19. The van der Waals surface area contributed by atoms with Crippen LogP contribution in [-0.2, 0) is 9.53 Å². The van der Waals surface area contributed by atoms with E-state index in [1.807, 2.05) is 0 Å². The molecule has 0 bridgehead atoms. The molecule has 4 nitrogen and oxygen atoms in total. The lowest BCUT2D eigenvalue weighted by atomic mass is 10.1. The zero-order chi connectivity index (χ0) is 11.2. The predicted octanol–water partition coefficient (Wildman–Crippen LogP) is 0.588. The Balaban J connectivity index is 4.14. The Labute approximate surface area is 89.7 Å². The molecule has 0 amide bonds. The summed E-state index contributed by atoms with van der Waals surface area (Å²) >= 11 is 4.96. The number of thiocarbonyl (C=S) groups is 1. The molecule has 0 fully saturated rings. The van der Waals surface area contributed by atoms with Crippen molar-refractivity contribution < 1.29 is 9.53 Å². The Hall–Kier alpha value is -1.10.